The first-order chi connectivity index (χ1) is 15.1. The van der Waals surface area contributed by atoms with Crippen LogP contribution in [-0.4, -0.2) is 35.4 Å². The molecular formula is C25H31N3O2S. The van der Waals surface area contributed by atoms with Gasteiger partial charge in [0.2, 0.25) is 5.91 Å². The summed E-state index contributed by atoms with van der Waals surface area (Å²) in [5.74, 6) is 2.18. The molecule has 4 rings (SSSR count). The highest BCUT2D eigenvalue weighted by Crippen LogP contribution is 2.29. The van der Waals surface area contributed by atoms with Crippen molar-refractivity contribution in [3.63, 3.8) is 0 Å². The summed E-state index contributed by atoms with van der Waals surface area (Å²) in [7, 11) is 0. The van der Waals surface area contributed by atoms with Crippen molar-refractivity contribution < 1.29 is 9.21 Å². The summed E-state index contributed by atoms with van der Waals surface area (Å²) in [5.41, 5.74) is 2.21. The lowest BCUT2D eigenvalue weighted by Gasteiger charge is -2.36. The van der Waals surface area contributed by atoms with Gasteiger partial charge in [0.1, 0.15) is 0 Å². The van der Waals surface area contributed by atoms with Gasteiger partial charge in [-0.1, -0.05) is 42.8 Å². The number of rotatable bonds is 8. The number of thiophene rings is 1. The fourth-order valence-corrected chi connectivity index (χ4v) is 4.89. The molecule has 0 aliphatic carbocycles. The van der Waals surface area contributed by atoms with Crippen LogP contribution in [0.15, 0.2) is 52.4 Å². The second-order valence-electron chi connectivity index (χ2n) is 8.54. The first-order valence-electron chi connectivity index (χ1n) is 11.1. The molecule has 0 spiro atoms. The zero-order valence-electron chi connectivity index (χ0n) is 18.3. The van der Waals surface area contributed by atoms with Crippen LogP contribution in [-0.2, 0) is 11.2 Å². The molecule has 31 heavy (non-hydrogen) atoms. The van der Waals surface area contributed by atoms with E-state index in [1.54, 1.807) is 17.5 Å². The van der Waals surface area contributed by atoms with E-state index in [0.717, 1.165) is 30.3 Å². The summed E-state index contributed by atoms with van der Waals surface area (Å²) in [4.78, 5) is 20.7. The number of nitrogens with one attached hydrogen (secondary N) is 1. The van der Waals surface area contributed by atoms with Gasteiger partial charge in [0.15, 0.2) is 11.7 Å². The van der Waals surface area contributed by atoms with Gasteiger partial charge in [-0.15, -0.1) is 11.3 Å². The number of hydrogen-bond donors (Lipinski definition) is 1. The highest BCUT2D eigenvalue weighted by Gasteiger charge is 2.25. The summed E-state index contributed by atoms with van der Waals surface area (Å²) >= 11 is 1.77. The van der Waals surface area contributed by atoms with Crippen molar-refractivity contribution in [1.29, 1.82) is 0 Å². The number of piperidine rings is 1. The molecule has 1 aromatic carbocycles. The smallest absolute Gasteiger partial charge is 0.220 e. The Labute approximate surface area is 188 Å². The maximum atomic E-state index is 12.5. The van der Waals surface area contributed by atoms with Gasteiger partial charge in [-0.25, -0.2) is 4.98 Å². The highest BCUT2D eigenvalue weighted by atomic mass is 32.1. The molecule has 1 aliphatic rings. The van der Waals surface area contributed by atoms with Crippen LogP contribution < -0.4 is 5.32 Å². The van der Waals surface area contributed by atoms with Gasteiger partial charge < -0.3 is 9.73 Å². The molecule has 1 aliphatic heterocycles. The third kappa shape index (κ3) is 5.83. The molecular weight excluding hydrogens is 406 g/mol. The minimum Gasteiger partial charge on any atom is -0.441 e. The van der Waals surface area contributed by atoms with E-state index in [1.807, 2.05) is 12.1 Å². The summed E-state index contributed by atoms with van der Waals surface area (Å²) in [5, 5.41) is 5.27. The van der Waals surface area contributed by atoms with Crippen LogP contribution in [0.5, 0.6) is 0 Å². The lowest BCUT2D eigenvalue weighted by atomic mass is 9.97. The standard InChI is InChI=1S/C25H31N3O2S/c1-18-5-7-20(8-6-18)22-17-27-25(30-22)10-9-24(29)26-16-21(23-4-3-15-31-23)28-13-11-19(2)12-14-28/h3-8,15,17,19,21H,9-14,16H2,1-2H3,(H,26,29). The monoisotopic (exact) mass is 437 g/mol. The van der Waals surface area contributed by atoms with E-state index < -0.39 is 0 Å². The predicted octanol–water partition coefficient (Wildman–Crippen LogP) is 5.23. The molecule has 3 heterocycles. The Morgan fingerprint density at radius 3 is 2.74 bits per heavy atom. The van der Waals surface area contributed by atoms with E-state index >= 15 is 0 Å². The third-order valence-corrected chi connectivity index (χ3v) is 7.05. The molecule has 0 radical (unpaired) electrons. The van der Waals surface area contributed by atoms with Gasteiger partial charge in [0, 0.05) is 29.8 Å². The number of nitrogens with zero attached hydrogens (tertiary/aromatic N) is 2. The van der Waals surface area contributed by atoms with Crippen molar-refractivity contribution >= 4 is 17.2 Å². The lowest BCUT2D eigenvalue weighted by Crippen LogP contribution is -2.41. The zero-order chi connectivity index (χ0) is 21.6. The zero-order valence-corrected chi connectivity index (χ0v) is 19.2. The predicted molar refractivity (Wildman–Crippen MR) is 125 cm³/mol. The van der Waals surface area contributed by atoms with Crippen molar-refractivity contribution in [2.24, 2.45) is 5.92 Å². The average molecular weight is 438 g/mol. The van der Waals surface area contributed by atoms with Crippen LogP contribution in [0.1, 0.15) is 48.6 Å². The van der Waals surface area contributed by atoms with E-state index in [2.05, 4.69) is 58.7 Å². The maximum absolute atomic E-state index is 12.5. The van der Waals surface area contributed by atoms with Gasteiger partial charge in [-0.3, -0.25) is 9.69 Å². The SMILES string of the molecule is Cc1ccc(-c2cnc(CCC(=O)NCC(c3cccs3)N3CCC(C)CC3)o2)cc1. The summed E-state index contributed by atoms with van der Waals surface area (Å²) in [6.07, 6.45) is 5.07. The van der Waals surface area contributed by atoms with Gasteiger partial charge in [-0.2, -0.15) is 0 Å². The summed E-state index contributed by atoms with van der Waals surface area (Å²) in [6.45, 7) is 7.22. The van der Waals surface area contributed by atoms with E-state index in [9.17, 15) is 4.79 Å². The summed E-state index contributed by atoms with van der Waals surface area (Å²) in [6, 6.07) is 12.7. The minimum absolute atomic E-state index is 0.0435. The number of benzene rings is 1. The molecule has 3 aromatic rings. The Kier molecular flexibility index (Phi) is 7.20. The normalized spacial score (nSPS) is 16.3. The van der Waals surface area contributed by atoms with Crippen LogP contribution in [0.25, 0.3) is 11.3 Å². The first kappa shape index (κ1) is 21.8. The number of carbonyl (C=O) groups is 1. The molecule has 0 bridgehead atoms. The lowest BCUT2D eigenvalue weighted by molar-refractivity contribution is -0.121. The van der Waals surface area contributed by atoms with Gasteiger partial charge >= 0.3 is 0 Å². The fourth-order valence-electron chi connectivity index (χ4n) is 4.03. The molecule has 1 amide bonds. The van der Waals surface area contributed by atoms with Crippen molar-refractivity contribution in [2.75, 3.05) is 19.6 Å². The second-order valence-corrected chi connectivity index (χ2v) is 9.52. The number of oxazole rings is 1. The van der Waals surface area contributed by atoms with E-state index in [0.29, 0.717) is 25.3 Å². The molecule has 1 fully saturated rings. The molecule has 1 saturated heterocycles. The molecule has 1 atom stereocenters. The van der Waals surface area contributed by atoms with Crippen LogP contribution in [0, 0.1) is 12.8 Å². The summed E-state index contributed by atoms with van der Waals surface area (Å²) < 4.78 is 5.85. The van der Waals surface area contributed by atoms with Crippen molar-refractivity contribution in [3.8, 4) is 11.3 Å². The van der Waals surface area contributed by atoms with E-state index in [-0.39, 0.29) is 11.9 Å². The third-order valence-electron chi connectivity index (χ3n) is 6.08. The van der Waals surface area contributed by atoms with Crippen molar-refractivity contribution in [1.82, 2.24) is 15.2 Å². The van der Waals surface area contributed by atoms with Gasteiger partial charge in [0.25, 0.3) is 0 Å². The highest BCUT2D eigenvalue weighted by molar-refractivity contribution is 7.10. The van der Waals surface area contributed by atoms with Crippen molar-refractivity contribution in [3.05, 3.63) is 64.3 Å². The van der Waals surface area contributed by atoms with Crippen LogP contribution in [0.3, 0.4) is 0 Å². The molecule has 5 nitrogen and oxygen atoms in total. The number of amides is 1. The topological polar surface area (TPSA) is 58.4 Å². The number of carbonyl (C=O) groups excluding carboxylic acids is 1. The fraction of sp³-hybridized carbons (Fsp3) is 0.440. The minimum atomic E-state index is 0.0435. The van der Waals surface area contributed by atoms with Crippen LogP contribution >= 0.6 is 11.3 Å². The van der Waals surface area contributed by atoms with Gasteiger partial charge in [-0.05, 0) is 50.2 Å². The van der Waals surface area contributed by atoms with Gasteiger partial charge in [0.05, 0.1) is 12.2 Å². The van der Waals surface area contributed by atoms with E-state index in [4.69, 9.17) is 4.42 Å². The Hall–Kier alpha value is -2.44. The number of aryl methyl sites for hydroxylation is 2. The van der Waals surface area contributed by atoms with E-state index in [1.165, 1.54) is 23.3 Å². The number of hydrogen-bond acceptors (Lipinski definition) is 5. The van der Waals surface area contributed by atoms with Crippen LogP contribution in [0.2, 0.25) is 0 Å². The molecule has 1 N–H and O–H groups in total. The van der Waals surface area contributed by atoms with Crippen molar-refractivity contribution in [2.45, 2.75) is 45.6 Å². The number of likely N-dealkylation sites (tertiary alicyclic amines) is 1. The Balaban J connectivity index is 1.29. The molecule has 2 aromatic heterocycles. The van der Waals surface area contributed by atoms with Crippen LogP contribution in [0.4, 0.5) is 0 Å². The largest absolute Gasteiger partial charge is 0.441 e. The Morgan fingerprint density at radius 2 is 2.03 bits per heavy atom. The average Bonchev–Trinajstić information content (AvgIpc) is 3.47. The quantitative estimate of drug-likeness (QED) is 0.524. The Bertz CT molecular complexity index is 957. The molecule has 0 saturated carbocycles. The Morgan fingerprint density at radius 1 is 1.26 bits per heavy atom. The number of aromatic nitrogens is 1. The molecule has 1 unspecified atom stereocenters. The first-order valence-corrected chi connectivity index (χ1v) is 12.0. The maximum Gasteiger partial charge on any atom is 0.220 e. The molecule has 6 heteroatoms. The second kappa shape index (κ2) is 10.2. The molecule has 164 valence electrons.